The molecule has 0 radical (unpaired) electrons. The summed E-state index contributed by atoms with van der Waals surface area (Å²) in [6.45, 7) is 0. The Bertz CT molecular complexity index is 2290. The molecular weight excluding hydrogens is 587 g/mol. The van der Waals surface area contributed by atoms with Crippen LogP contribution in [0.5, 0.6) is 5.75 Å². The molecule has 0 saturated heterocycles. The number of nitrogens with zero attached hydrogens (tertiary/aromatic N) is 3. The molecule has 48 heavy (non-hydrogen) atoms. The first-order valence-corrected chi connectivity index (χ1v) is 16.0. The zero-order chi connectivity index (χ0) is 32.3. The average molecular weight is 618 g/mol. The average Bonchev–Trinajstić information content (AvgIpc) is 3.18. The maximum atomic E-state index is 5.35. The van der Waals surface area contributed by atoms with Crippen molar-refractivity contribution in [1.82, 2.24) is 15.0 Å². The van der Waals surface area contributed by atoms with Crippen molar-refractivity contribution in [1.29, 1.82) is 0 Å². The summed E-state index contributed by atoms with van der Waals surface area (Å²) >= 11 is 0. The zero-order valence-electron chi connectivity index (χ0n) is 26.4. The highest BCUT2D eigenvalue weighted by Crippen LogP contribution is 2.37. The van der Waals surface area contributed by atoms with E-state index in [2.05, 4.69) is 97.1 Å². The van der Waals surface area contributed by atoms with Gasteiger partial charge in [0.2, 0.25) is 0 Å². The topological polar surface area (TPSA) is 47.9 Å². The molecule has 0 fully saturated rings. The number of hydrogen-bond acceptors (Lipinski definition) is 4. The second-order valence-corrected chi connectivity index (χ2v) is 11.7. The summed E-state index contributed by atoms with van der Waals surface area (Å²) in [6.07, 6.45) is 0. The maximum absolute atomic E-state index is 5.35. The van der Waals surface area contributed by atoms with Crippen LogP contribution in [0.25, 0.3) is 78.3 Å². The zero-order valence-corrected chi connectivity index (χ0v) is 26.4. The van der Waals surface area contributed by atoms with Gasteiger partial charge in [0.25, 0.3) is 0 Å². The van der Waals surface area contributed by atoms with E-state index in [1.165, 1.54) is 10.8 Å². The van der Waals surface area contributed by atoms with E-state index in [0.717, 1.165) is 55.8 Å². The molecule has 0 unspecified atom stereocenters. The van der Waals surface area contributed by atoms with Crippen LogP contribution in [0.3, 0.4) is 0 Å². The summed E-state index contributed by atoms with van der Waals surface area (Å²) in [7, 11) is 1.69. The molecular formula is C44H31N3O. The van der Waals surface area contributed by atoms with E-state index in [-0.39, 0.29) is 0 Å². The van der Waals surface area contributed by atoms with Gasteiger partial charge in [-0.15, -0.1) is 0 Å². The predicted molar refractivity (Wildman–Crippen MR) is 197 cm³/mol. The molecule has 1 aromatic heterocycles. The monoisotopic (exact) mass is 617 g/mol. The lowest BCUT2D eigenvalue weighted by atomic mass is 9.92. The largest absolute Gasteiger partial charge is 0.497 e. The molecule has 228 valence electrons. The predicted octanol–water partition coefficient (Wildman–Crippen LogP) is 11.0. The van der Waals surface area contributed by atoms with Crippen LogP contribution in [0.1, 0.15) is 0 Å². The molecule has 0 spiro atoms. The number of ether oxygens (including phenoxy) is 1. The Balaban J connectivity index is 1.31. The number of rotatable bonds is 7. The highest BCUT2D eigenvalue weighted by Gasteiger charge is 2.15. The number of aromatic nitrogens is 3. The Morgan fingerprint density at radius 2 is 0.812 bits per heavy atom. The first-order chi connectivity index (χ1) is 23.7. The van der Waals surface area contributed by atoms with Gasteiger partial charge in [-0.25, -0.2) is 15.0 Å². The molecule has 0 aliphatic rings. The number of fused-ring (bicyclic) bond motifs is 1. The fourth-order valence-electron chi connectivity index (χ4n) is 6.13. The summed E-state index contributed by atoms with van der Waals surface area (Å²) in [4.78, 5) is 15.1. The second kappa shape index (κ2) is 12.8. The molecule has 0 bridgehead atoms. The van der Waals surface area contributed by atoms with Gasteiger partial charge in [0.15, 0.2) is 17.5 Å². The minimum atomic E-state index is 0.626. The van der Waals surface area contributed by atoms with Crippen LogP contribution in [0.4, 0.5) is 0 Å². The highest BCUT2D eigenvalue weighted by molar-refractivity contribution is 5.98. The summed E-state index contributed by atoms with van der Waals surface area (Å²) < 4.78 is 5.35. The first kappa shape index (κ1) is 29.0. The van der Waals surface area contributed by atoms with Crippen LogP contribution < -0.4 is 4.74 Å². The smallest absolute Gasteiger partial charge is 0.164 e. The molecule has 8 rings (SSSR count). The Labute approximate surface area is 280 Å². The number of hydrogen-bond donors (Lipinski definition) is 0. The van der Waals surface area contributed by atoms with E-state index in [4.69, 9.17) is 19.7 Å². The van der Waals surface area contributed by atoms with Gasteiger partial charge in [0.05, 0.1) is 7.11 Å². The van der Waals surface area contributed by atoms with Gasteiger partial charge in [-0.1, -0.05) is 140 Å². The maximum Gasteiger partial charge on any atom is 0.164 e. The van der Waals surface area contributed by atoms with Crippen molar-refractivity contribution in [3.05, 3.63) is 170 Å². The summed E-state index contributed by atoms with van der Waals surface area (Å²) in [5.41, 5.74) is 9.54. The molecule has 0 amide bonds. The summed E-state index contributed by atoms with van der Waals surface area (Å²) in [6, 6.07) is 58.7. The van der Waals surface area contributed by atoms with E-state index in [9.17, 15) is 0 Å². The van der Waals surface area contributed by atoms with Crippen molar-refractivity contribution in [2.75, 3.05) is 7.11 Å². The number of methoxy groups -OCH3 is 1. The lowest BCUT2D eigenvalue weighted by molar-refractivity contribution is 0.415. The Kier molecular flexibility index (Phi) is 7.73. The third-order valence-corrected chi connectivity index (χ3v) is 8.63. The van der Waals surface area contributed by atoms with Gasteiger partial charge in [-0.2, -0.15) is 0 Å². The molecule has 0 aliphatic carbocycles. The van der Waals surface area contributed by atoms with Crippen molar-refractivity contribution in [3.8, 4) is 73.3 Å². The van der Waals surface area contributed by atoms with Gasteiger partial charge in [0, 0.05) is 16.7 Å². The van der Waals surface area contributed by atoms with Crippen molar-refractivity contribution in [3.63, 3.8) is 0 Å². The SMILES string of the molecule is COc1ccc(-c2ccc(-c3cc(-c4nc(-c5ccccc5)nc(-c5ccccc5)n4)cc(-c4cccc5ccccc45)c3)cc2)cc1. The summed E-state index contributed by atoms with van der Waals surface area (Å²) in [5.74, 6) is 2.75. The quantitative estimate of drug-likeness (QED) is 0.179. The van der Waals surface area contributed by atoms with E-state index in [1.54, 1.807) is 7.11 Å². The standard InChI is InChI=1S/C44H31N3O/c1-48-39-25-23-31(24-26-39)30-19-21-32(22-20-30)36-27-37(41-18-10-16-33-11-8-9-17-40(33)41)29-38(28-36)44-46-42(34-12-4-2-5-13-34)45-43(47-44)35-14-6-3-7-15-35/h2-29H,1H3. The molecule has 1 heterocycles. The normalized spacial score (nSPS) is 11.0. The molecule has 0 aliphatic heterocycles. The first-order valence-electron chi connectivity index (χ1n) is 16.0. The molecule has 4 nitrogen and oxygen atoms in total. The molecule has 8 aromatic rings. The van der Waals surface area contributed by atoms with Crippen LogP contribution >= 0.6 is 0 Å². The minimum absolute atomic E-state index is 0.626. The van der Waals surface area contributed by atoms with E-state index < -0.39 is 0 Å². The summed E-state index contributed by atoms with van der Waals surface area (Å²) in [5, 5.41) is 2.40. The highest BCUT2D eigenvalue weighted by atomic mass is 16.5. The molecule has 7 aromatic carbocycles. The third kappa shape index (κ3) is 5.83. The van der Waals surface area contributed by atoms with Crippen LogP contribution in [0, 0.1) is 0 Å². The fourth-order valence-corrected chi connectivity index (χ4v) is 6.13. The van der Waals surface area contributed by atoms with Crippen LogP contribution in [-0.4, -0.2) is 22.1 Å². The van der Waals surface area contributed by atoms with Crippen molar-refractivity contribution in [2.45, 2.75) is 0 Å². The van der Waals surface area contributed by atoms with Gasteiger partial charge in [-0.05, 0) is 74.5 Å². The minimum Gasteiger partial charge on any atom is -0.497 e. The fraction of sp³-hybridized carbons (Fsp3) is 0.0227. The van der Waals surface area contributed by atoms with E-state index >= 15 is 0 Å². The lowest BCUT2D eigenvalue weighted by Crippen LogP contribution is -2.00. The third-order valence-electron chi connectivity index (χ3n) is 8.63. The van der Waals surface area contributed by atoms with Gasteiger partial charge in [0.1, 0.15) is 5.75 Å². The van der Waals surface area contributed by atoms with Gasteiger partial charge >= 0.3 is 0 Å². The van der Waals surface area contributed by atoms with Crippen molar-refractivity contribution >= 4 is 10.8 Å². The molecule has 0 atom stereocenters. The van der Waals surface area contributed by atoms with Crippen molar-refractivity contribution < 1.29 is 4.74 Å². The molecule has 0 saturated carbocycles. The van der Waals surface area contributed by atoms with E-state index in [1.807, 2.05) is 72.8 Å². The Hall–Kier alpha value is -6.39. The van der Waals surface area contributed by atoms with Crippen LogP contribution in [0.15, 0.2) is 170 Å². The molecule has 0 N–H and O–H groups in total. The molecule has 4 heteroatoms. The van der Waals surface area contributed by atoms with Gasteiger partial charge in [-0.3, -0.25) is 0 Å². The van der Waals surface area contributed by atoms with Crippen LogP contribution in [-0.2, 0) is 0 Å². The Morgan fingerprint density at radius 3 is 1.42 bits per heavy atom. The van der Waals surface area contributed by atoms with Crippen LogP contribution in [0.2, 0.25) is 0 Å². The second-order valence-electron chi connectivity index (χ2n) is 11.7. The van der Waals surface area contributed by atoms with Gasteiger partial charge < -0.3 is 4.74 Å². The number of benzene rings is 7. The van der Waals surface area contributed by atoms with Crippen molar-refractivity contribution in [2.24, 2.45) is 0 Å². The lowest BCUT2D eigenvalue weighted by Gasteiger charge is -2.14. The van der Waals surface area contributed by atoms with E-state index in [0.29, 0.717) is 17.5 Å². The Morgan fingerprint density at radius 1 is 0.354 bits per heavy atom.